The molecular weight excluding hydrogens is 404 g/mol. The van der Waals surface area contributed by atoms with E-state index in [1.54, 1.807) is 17.0 Å². The lowest BCUT2D eigenvalue weighted by Crippen LogP contribution is -2.50. The molecule has 1 heterocycles. The van der Waals surface area contributed by atoms with Crippen LogP contribution < -0.4 is 9.47 Å². The number of amides is 1. The fraction of sp³-hybridized carbons (Fsp3) is 0.409. The maximum Gasteiger partial charge on any atom is 0.253 e. The quantitative estimate of drug-likeness (QED) is 0.728. The second-order valence-electron chi connectivity index (χ2n) is 7.55. The van der Waals surface area contributed by atoms with E-state index in [9.17, 15) is 13.2 Å². The largest absolute Gasteiger partial charge is 0.497 e. The first-order chi connectivity index (χ1) is 14.4. The minimum Gasteiger partial charge on any atom is -0.497 e. The molecule has 0 atom stereocenters. The van der Waals surface area contributed by atoms with Gasteiger partial charge in [-0.2, -0.15) is 4.31 Å². The van der Waals surface area contributed by atoms with Crippen LogP contribution in [0.3, 0.4) is 0 Å². The molecule has 0 unspecified atom stereocenters. The lowest BCUT2D eigenvalue weighted by molar-refractivity contribution is 0.0697. The minimum absolute atomic E-state index is 0.0410. The number of fused-ring (bicyclic) bond motifs is 1. The van der Waals surface area contributed by atoms with Crippen LogP contribution in [0.4, 0.5) is 0 Å². The Hall–Kier alpha value is -2.58. The van der Waals surface area contributed by atoms with Crippen LogP contribution in [0, 0.1) is 0 Å². The van der Waals surface area contributed by atoms with Gasteiger partial charge in [-0.05, 0) is 54.7 Å². The van der Waals surface area contributed by atoms with Crippen LogP contribution in [0.25, 0.3) is 0 Å². The number of aryl methyl sites for hydroxylation is 2. The number of carbonyl (C=O) groups is 1. The predicted molar refractivity (Wildman–Crippen MR) is 113 cm³/mol. The van der Waals surface area contributed by atoms with Gasteiger partial charge in [0.05, 0.1) is 14.2 Å². The maximum atomic E-state index is 13.2. The SMILES string of the molecule is COc1ccc(OC)c(S(=O)(=O)N2CCN(C(=O)c3ccc4c(c3)CCC4)CC2)c1. The van der Waals surface area contributed by atoms with Crippen LogP contribution in [0.1, 0.15) is 27.9 Å². The van der Waals surface area contributed by atoms with Gasteiger partial charge in [0.2, 0.25) is 10.0 Å². The van der Waals surface area contributed by atoms with Gasteiger partial charge in [0.25, 0.3) is 5.91 Å². The molecule has 1 aliphatic carbocycles. The molecule has 160 valence electrons. The van der Waals surface area contributed by atoms with Crippen molar-refractivity contribution >= 4 is 15.9 Å². The van der Waals surface area contributed by atoms with Crippen molar-refractivity contribution in [2.24, 2.45) is 0 Å². The van der Waals surface area contributed by atoms with Gasteiger partial charge in [-0.15, -0.1) is 0 Å². The van der Waals surface area contributed by atoms with Crippen LogP contribution in [0.15, 0.2) is 41.3 Å². The molecule has 0 bridgehead atoms. The Morgan fingerprint density at radius 2 is 1.63 bits per heavy atom. The fourth-order valence-corrected chi connectivity index (χ4v) is 5.74. The van der Waals surface area contributed by atoms with Crippen LogP contribution in [0.2, 0.25) is 0 Å². The number of ether oxygens (including phenoxy) is 2. The molecule has 0 aromatic heterocycles. The molecule has 1 fully saturated rings. The number of rotatable bonds is 5. The number of sulfonamides is 1. The molecule has 8 heteroatoms. The Balaban J connectivity index is 1.48. The normalized spacial score (nSPS) is 16.9. The van der Waals surface area contributed by atoms with E-state index in [0.29, 0.717) is 24.4 Å². The van der Waals surface area contributed by atoms with Gasteiger partial charge in [-0.3, -0.25) is 4.79 Å². The summed E-state index contributed by atoms with van der Waals surface area (Å²) in [4.78, 5) is 14.7. The average Bonchev–Trinajstić information content (AvgIpc) is 3.26. The number of carbonyl (C=O) groups excluding carboxylic acids is 1. The number of hydrogen-bond donors (Lipinski definition) is 0. The predicted octanol–water partition coefficient (Wildman–Crippen LogP) is 2.34. The van der Waals surface area contributed by atoms with Crippen LogP contribution in [0.5, 0.6) is 11.5 Å². The highest BCUT2D eigenvalue weighted by atomic mass is 32.2. The number of nitrogens with zero attached hydrogens (tertiary/aromatic N) is 2. The Kier molecular flexibility index (Phi) is 5.71. The molecule has 1 aliphatic heterocycles. The van der Waals surface area contributed by atoms with Crippen LogP contribution in [-0.2, 0) is 22.9 Å². The third-order valence-corrected chi connectivity index (χ3v) is 7.78. The average molecular weight is 431 g/mol. The Bertz CT molecular complexity index is 1060. The van der Waals surface area contributed by atoms with Gasteiger partial charge < -0.3 is 14.4 Å². The van der Waals surface area contributed by atoms with E-state index < -0.39 is 10.0 Å². The second-order valence-corrected chi connectivity index (χ2v) is 9.46. The first kappa shape index (κ1) is 20.7. The number of benzene rings is 2. The van der Waals surface area contributed by atoms with Crippen molar-refractivity contribution in [3.63, 3.8) is 0 Å². The molecule has 1 amide bonds. The van der Waals surface area contributed by atoms with Gasteiger partial charge in [-0.1, -0.05) is 6.07 Å². The fourth-order valence-electron chi connectivity index (χ4n) is 4.14. The number of piperazine rings is 1. The van der Waals surface area contributed by atoms with Crippen LogP contribution in [-0.4, -0.2) is 63.9 Å². The van der Waals surface area contributed by atoms with E-state index in [2.05, 4.69) is 0 Å². The number of methoxy groups -OCH3 is 2. The zero-order valence-electron chi connectivity index (χ0n) is 17.3. The van der Waals surface area contributed by atoms with Gasteiger partial charge in [0, 0.05) is 37.8 Å². The molecule has 30 heavy (non-hydrogen) atoms. The molecule has 0 N–H and O–H groups in total. The van der Waals surface area contributed by atoms with E-state index in [-0.39, 0.29) is 29.6 Å². The summed E-state index contributed by atoms with van der Waals surface area (Å²) in [5.74, 6) is 0.674. The summed E-state index contributed by atoms with van der Waals surface area (Å²) >= 11 is 0. The van der Waals surface area contributed by atoms with E-state index in [1.165, 1.54) is 35.7 Å². The molecule has 4 rings (SSSR count). The van der Waals surface area contributed by atoms with Gasteiger partial charge in [0.1, 0.15) is 16.4 Å². The summed E-state index contributed by atoms with van der Waals surface area (Å²) in [5, 5.41) is 0. The van der Waals surface area contributed by atoms with Gasteiger partial charge >= 0.3 is 0 Å². The van der Waals surface area contributed by atoms with Crippen molar-refractivity contribution in [2.45, 2.75) is 24.2 Å². The summed E-state index contributed by atoms with van der Waals surface area (Å²) < 4.78 is 38.2. The van der Waals surface area contributed by atoms with Gasteiger partial charge in [0.15, 0.2) is 0 Å². The van der Waals surface area contributed by atoms with Crippen molar-refractivity contribution < 1.29 is 22.7 Å². The molecular formula is C22H26N2O5S. The Morgan fingerprint density at radius 1 is 0.900 bits per heavy atom. The van der Waals surface area contributed by atoms with Crippen molar-refractivity contribution in [1.29, 1.82) is 0 Å². The topological polar surface area (TPSA) is 76.2 Å². The Morgan fingerprint density at radius 3 is 2.33 bits per heavy atom. The minimum atomic E-state index is -3.77. The second kappa shape index (κ2) is 8.28. The van der Waals surface area contributed by atoms with Crippen molar-refractivity contribution in [1.82, 2.24) is 9.21 Å². The monoisotopic (exact) mass is 430 g/mol. The molecule has 2 aromatic carbocycles. The third kappa shape index (κ3) is 3.77. The number of hydrogen-bond acceptors (Lipinski definition) is 5. The zero-order chi connectivity index (χ0) is 21.3. The van der Waals surface area contributed by atoms with Crippen molar-refractivity contribution in [3.05, 3.63) is 53.1 Å². The molecule has 2 aromatic rings. The molecule has 1 saturated heterocycles. The molecule has 0 radical (unpaired) electrons. The summed E-state index contributed by atoms with van der Waals surface area (Å²) in [6.45, 7) is 1.17. The summed E-state index contributed by atoms with van der Waals surface area (Å²) in [6.07, 6.45) is 3.23. The van der Waals surface area contributed by atoms with Crippen LogP contribution >= 0.6 is 0 Å². The molecule has 2 aliphatic rings. The summed E-state index contributed by atoms with van der Waals surface area (Å²) in [7, 11) is -0.843. The van der Waals surface area contributed by atoms with E-state index in [1.807, 2.05) is 18.2 Å². The molecule has 0 spiro atoms. The summed E-state index contributed by atoms with van der Waals surface area (Å²) in [5.41, 5.74) is 3.27. The lowest BCUT2D eigenvalue weighted by atomic mass is 10.1. The lowest BCUT2D eigenvalue weighted by Gasteiger charge is -2.34. The summed E-state index contributed by atoms with van der Waals surface area (Å²) in [6, 6.07) is 10.6. The smallest absolute Gasteiger partial charge is 0.253 e. The van der Waals surface area contributed by atoms with Crippen molar-refractivity contribution in [3.8, 4) is 11.5 Å². The van der Waals surface area contributed by atoms with E-state index in [0.717, 1.165) is 19.3 Å². The molecule has 7 nitrogen and oxygen atoms in total. The first-order valence-electron chi connectivity index (χ1n) is 10.1. The van der Waals surface area contributed by atoms with Gasteiger partial charge in [-0.25, -0.2) is 8.42 Å². The third-order valence-electron chi connectivity index (χ3n) is 5.86. The van der Waals surface area contributed by atoms with E-state index in [4.69, 9.17) is 9.47 Å². The standard InChI is InChI=1S/C22H26N2O5S/c1-28-19-8-9-20(29-2)21(15-19)30(26,27)24-12-10-23(11-13-24)22(25)18-7-6-16-4-3-5-17(16)14-18/h6-9,14-15H,3-5,10-13H2,1-2H3. The highest BCUT2D eigenvalue weighted by Crippen LogP contribution is 2.31. The zero-order valence-corrected chi connectivity index (χ0v) is 18.1. The maximum absolute atomic E-state index is 13.2. The Labute approximate surface area is 177 Å². The highest BCUT2D eigenvalue weighted by molar-refractivity contribution is 7.89. The van der Waals surface area contributed by atoms with E-state index >= 15 is 0 Å². The molecule has 0 saturated carbocycles. The highest BCUT2D eigenvalue weighted by Gasteiger charge is 2.33. The van der Waals surface area contributed by atoms with Crippen molar-refractivity contribution in [2.75, 3.05) is 40.4 Å². The first-order valence-corrected chi connectivity index (χ1v) is 11.5.